The molecule has 156 valence electrons. The standard InChI is InChI=1S/C21H22N4O5/c1-30-18-5-3-2-4-17(18)24-10-12-25(13-11-24)20(27)19(26)23-22-14-15-6-8-16(9-7-15)21(28)29/h2-9,14H,10-13H2,1H3,(H,23,26)(H,28,29). The number of ether oxygens (including phenoxy) is 1. The van der Waals surface area contributed by atoms with Gasteiger partial charge in [-0.15, -0.1) is 0 Å². The van der Waals surface area contributed by atoms with Crippen molar-refractivity contribution in [3.05, 3.63) is 59.7 Å². The summed E-state index contributed by atoms with van der Waals surface area (Å²) in [6, 6.07) is 13.6. The summed E-state index contributed by atoms with van der Waals surface area (Å²) in [6.45, 7) is 1.98. The largest absolute Gasteiger partial charge is 0.495 e. The number of methoxy groups -OCH3 is 1. The molecular weight excluding hydrogens is 388 g/mol. The molecule has 0 unspecified atom stereocenters. The average Bonchev–Trinajstić information content (AvgIpc) is 2.79. The van der Waals surface area contributed by atoms with E-state index < -0.39 is 17.8 Å². The average molecular weight is 410 g/mol. The number of carboxylic acid groups (broad SMARTS) is 1. The fraction of sp³-hybridized carbons (Fsp3) is 0.238. The van der Waals surface area contributed by atoms with E-state index in [-0.39, 0.29) is 5.56 Å². The molecule has 0 radical (unpaired) electrons. The van der Waals surface area contributed by atoms with E-state index in [1.165, 1.54) is 23.2 Å². The number of nitrogens with one attached hydrogen (secondary N) is 1. The van der Waals surface area contributed by atoms with Crippen LogP contribution in [0.4, 0.5) is 5.69 Å². The van der Waals surface area contributed by atoms with Crippen LogP contribution in [0.3, 0.4) is 0 Å². The number of carboxylic acids is 1. The third-order valence-corrected chi connectivity index (χ3v) is 4.72. The number of hydrazone groups is 1. The minimum atomic E-state index is -1.02. The van der Waals surface area contributed by atoms with Gasteiger partial charge in [-0.2, -0.15) is 5.10 Å². The van der Waals surface area contributed by atoms with E-state index in [9.17, 15) is 14.4 Å². The number of hydrogen-bond acceptors (Lipinski definition) is 6. The zero-order valence-corrected chi connectivity index (χ0v) is 16.4. The zero-order chi connectivity index (χ0) is 21.5. The Morgan fingerprint density at radius 3 is 2.33 bits per heavy atom. The maximum atomic E-state index is 12.4. The molecule has 0 aliphatic carbocycles. The third kappa shape index (κ3) is 4.93. The Bertz CT molecular complexity index is 950. The number of nitrogens with zero attached hydrogens (tertiary/aromatic N) is 3. The molecule has 1 aliphatic rings. The molecule has 0 saturated carbocycles. The number of hydrogen-bond donors (Lipinski definition) is 2. The number of carbonyl (C=O) groups excluding carboxylic acids is 2. The summed E-state index contributed by atoms with van der Waals surface area (Å²) in [5, 5.41) is 12.6. The van der Waals surface area contributed by atoms with Crippen molar-refractivity contribution >= 4 is 29.7 Å². The van der Waals surface area contributed by atoms with Crippen LogP contribution < -0.4 is 15.1 Å². The Morgan fingerprint density at radius 2 is 1.70 bits per heavy atom. The van der Waals surface area contributed by atoms with Crippen molar-refractivity contribution in [2.45, 2.75) is 0 Å². The van der Waals surface area contributed by atoms with Crippen LogP contribution in [-0.2, 0) is 9.59 Å². The highest BCUT2D eigenvalue weighted by Gasteiger charge is 2.26. The Hall–Kier alpha value is -3.88. The molecule has 3 rings (SSSR count). The van der Waals surface area contributed by atoms with Gasteiger partial charge in [0.1, 0.15) is 5.75 Å². The number of piperazine rings is 1. The molecule has 2 aromatic rings. The van der Waals surface area contributed by atoms with Crippen LogP contribution in [0.5, 0.6) is 5.75 Å². The smallest absolute Gasteiger partial charge is 0.335 e. The minimum Gasteiger partial charge on any atom is -0.495 e. The molecule has 1 saturated heterocycles. The summed E-state index contributed by atoms with van der Waals surface area (Å²) in [6.07, 6.45) is 1.34. The molecule has 2 aromatic carbocycles. The van der Waals surface area contributed by atoms with Crippen LogP contribution in [0.2, 0.25) is 0 Å². The Morgan fingerprint density at radius 1 is 1.03 bits per heavy atom. The molecule has 0 aromatic heterocycles. The summed E-state index contributed by atoms with van der Waals surface area (Å²) in [7, 11) is 1.62. The van der Waals surface area contributed by atoms with Crippen LogP contribution in [0.1, 0.15) is 15.9 Å². The van der Waals surface area contributed by atoms with Gasteiger partial charge in [0.2, 0.25) is 0 Å². The number of carbonyl (C=O) groups is 3. The number of benzene rings is 2. The SMILES string of the molecule is COc1ccccc1N1CCN(C(=O)C(=O)NN=Cc2ccc(C(=O)O)cc2)CC1. The van der Waals surface area contributed by atoms with Crippen LogP contribution in [0.25, 0.3) is 0 Å². The second-order valence-electron chi connectivity index (χ2n) is 6.58. The lowest BCUT2D eigenvalue weighted by atomic mass is 10.1. The summed E-state index contributed by atoms with van der Waals surface area (Å²) < 4.78 is 5.38. The molecular formula is C21H22N4O5. The maximum Gasteiger partial charge on any atom is 0.335 e. The first-order chi connectivity index (χ1) is 14.5. The molecule has 2 amide bonds. The van der Waals surface area contributed by atoms with E-state index in [1.54, 1.807) is 19.2 Å². The molecule has 9 nitrogen and oxygen atoms in total. The molecule has 30 heavy (non-hydrogen) atoms. The van der Waals surface area contributed by atoms with Gasteiger partial charge >= 0.3 is 17.8 Å². The number of amides is 2. The predicted molar refractivity (Wildman–Crippen MR) is 111 cm³/mol. The summed E-state index contributed by atoms with van der Waals surface area (Å²) in [5.74, 6) is -1.73. The van der Waals surface area contributed by atoms with Gasteiger partial charge in [-0.1, -0.05) is 24.3 Å². The number of rotatable bonds is 5. The molecule has 0 bridgehead atoms. The fourth-order valence-electron chi connectivity index (χ4n) is 3.11. The zero-order valence-electron chi connectivity index (χ0n) is 16.4. The van der Waals surface area contributed by atoms with E-state index in [2.05, 4.69) is 15.4 Å². The van der Waals surface area contributed by atoms with E-state index in [0.717, 1.165) is 11.4 Å². The lowest BCUT2D eigenvalue weighted by molar-refractivity contribution is -0.146. The van der Waals surface area contributed by atoms with Crippen molar-refractivity contribution in [1.29, 1.82) is 0 Å². The second-order valence-corrected chi connectivity index (χ2v) is 6.58. The highest BCUT2D eigenvalue weighted by Crippen LogP contribution is 2.28. The van der Waals surface area contributed by atoms with E-state index in [0.29, 0.717) is 31.7 Å². The number of para-hydroxylation sites is 2. The summed E-state index contributed by atoms with van der Waals surface area (Å²) in [4.78, 5) is 38.9. The molecule has 9 heteroatoms. The van der Waals surface area contributed by atoms with Gasteiger partial charge in [0.05, 0.1) is 24.6 Å². The number of anilines is 1. The van der Waals surface area contributed by atoms with Crippen LogP contribution >= 0.6 is 0 Å². The van der Waals surface area contributed by atoms with Crippen molar-refractivity contribution in [3.63, 3.8) is 0 Å². The molecule has 1 heterocycles. The van der Waals surface area contributed by atoms with E-state index >= 15 is 0 Å². The van der Waals surface area contributed by atoms with Gasteiger partial charge in [-0.25, -0.2) is 10.2 Å². The lowest BCUT2D eigenvalue weighted by Crippen LogP contribution is -2.52. The van der Waals surface area contributed by atoms with Gasteiger partial charge in [0, 0.05) is 26.2 Å². The molecule has 2 N–H and O–H groups in total. The molecule has 0 atom stereocenters. The van der Waals surface area contributed by atoms with Crippen LogP contribution in [-0.4, -0.2) is 67.3 Å². The minimum absolute atomic E-state index is 0.152. The second kappa shape index (κ2) is 9.55. The van der Waals surface area contributed by atoms with Gasteiger partial charge in [-0.3, -0.25) is 9.59 Å². The molecule has 0 spiro atoms. The number of aromatic carboxylic acids is 1. The first-order valence-corrected chi connectivity index (χ1v) is 9.33. The Kier molecular flexibility index (Phi) is 6.63. The van der Waals surface area contributed by atoms with Crippen molar-refractivity contribution in [1.82, 2.24) is 10.3 Å². The summed E-state index contributed by atoms with van der Waals surface area (Å²) in [5.41, 5.74) is 3.92. The Balaban J connectivity index is 1.51. The Labute approximate surface area is 173 Å². The fourth-order valence-corrected chi connectivity index (χ4v) is 3.11. The highest BCUT2D eigenvalue weighted by molar-refractivity contribution is 6.35. The quantitative estimate of drug-likeness (QED) is 0.435. The van der Waals surface area contributed by atoms with Crippen molar-refractivity contribution in [2.24, 2.45) is 5.10 Å². The maximum absolute atomic E-state index is 12.4. The predicted octanol–water partition coefficient (Wildman–Crippen LogP) is 1.19. The normalized spacial score (nSPS) is 13.9. The molecule has 1 aliphatic heterocycles. The van der Waals surface area contributed by atoms with Gasteiger partial charge in [0.25, 0.3) is 0 Å². The van der Waals surface area contributed by atoms with E-state index in [4.69, 9.17) is 9.84 Å². The topological polar surface area (TPSA) is 112 Å². The lowest BCUT2D eigenvalue weighted by Gasteiger charge is -2.36. The van der Waals surface area contributed by atoms with Crippen molar-refractivity contribution in [3.8, 4) is 5.75 Å². The van der Waals surface area contributed by atoms with Gasteiger partial charge < -0.3 is 19.6 Å². The van der Waals surface area contributed by atoms with Gasteiger partial charge in [0.15, 0.2) is 0 Å². The van der Waals surface area contributed by atoms with Crippen LogP contribution in [0, 0.1) is 0 Å². The third-order valence-electron chi connectivity index (χ3n) is 4.72. The first-order valence-electron chi connectivity index (χ1n) is 9.33. The van der Waals surface area contributed by atoms with Crippen LogP contribution in [0.15, 0.2) is 53.6 Å². The van der Waals surface area contributed by atoms with Gasteiger partial charge in [-0.05, 0) is 29.8 Å². The summed E-state index contributed by atoms with van der Waals surface area (Å²) >= 11 is 0. The first kappa shape index (κ1) is 20.8. The highest BCUT2D eigenvalue weighted by atomic mass is 16.5. The van der Waals surface area contributed by atoms with Crippen molar-refractivity contribution < 1.29 is 24.2 Å². The van der Waals surface area contributed by atoms with Crippen molar-refractivity contribution in [2.75, 3.05) is 38.2 Å². The van der Waals surface area contributed by atoms with E-state index in [1.807, 2.05) is 24.3 Å². The molecule has 1 fully saturated rings. The monoisotopic (exact) mass is 410 g/mol.